The number of hydrogen-bond donors (Lipinski definition) is 2. The predicted molar refractivity (Wildman–Crippen MR) is 82.5 cm³/mol. The first kappa shape index (κ1) is 16.4. The van der Waals surface area contributed by atoms with E-state index in [0.717, 1.165) is 43.4 Å². The second-order valence-electron chi connectivity index (χ2n) is 5.47. The maximum atomic E-state index is 12.2. The minimum atomic E-state index is -3.45. The molecule has 0 saturated carbocycles. The summed E-state index contributed by atoms with van der Waals surface area (Å²) >= 11 is 0. The molecule has 2 rings (SSSR count). The zero-order valence-corrected chi connectivity index (χ0v) is 13.3. The summed E-state index contributed by atoms with van der Waals surface area (Å²) in [6.45, 7) is 3.48. The van der Waals surface area contributed by atoms with Gasteiger partial charge in [0.2, 0.25) is 10.0 Å². The quantitative estimate of drug-likeness (QED) is 0.837. The maximum absolute atomic E-state index is 12.2. The van der Waals surface area contributed by atoms with Gasteiger partial charge >= 0.3 is 0 Å². The van der Waals surface area contributed by atoms with Crippen LogP contribution in [0.5, 0.6) is 0 Å². The van der Waals surface area contributed by atoms with Gasteiger partial charge in [-0.05, 0) is 55.9 Å². The Morgan fingerprint density at radius 2 is 2.19 bits per heavy atom. The number of benzene rings is 1. The average molecular weight is 312 g/mol. The van der Waals surface area contributed by atoms with E-state index in [4.69, 9.17) is 10.5 Å². The Morgan fingerprint density at radius 1 is 1.38 bits per heavy atom. The van der Waals surface area contributed by atoms with Gasteiger partial charge in [-0.3, -0.25) is 0 Å². The summed E-state index contributed by atoms with van der Waals surface area (Å²) in [6, 6.07) is 5.05. The van der Waals surface area contributed by atoms with Crippen molar-refractivity contribution >= 4 is 10.0 Å². The van der Waals surface area contributed by atoms with Crippen molar-refractivity contribution in [3.63, 3.8) is 0 Å². The topological polar surface area (TPSA) is 81.4 Å². The number of nitrogens with two attached hydrogens (primary N) is 1. The fraction of sp³-hybridized carbons (Fsp3) is 0.600. The molecule has 0 radical (unpaired) electrons. The van der Waals surface area contributed by atoms with Gasteiger partial charge in [-0.1, -0.05) is 6.07 Å². The number of aryl methyl sites for hydroxylation is 1. The van der Waals surface area contributed by atoms with Crippen molar-refractivity contribution in [2.75, 3.05) is 13.2 Å². The zero-order valence-electron chi connectivity index (χ0n) is 12.5. The monoisotopic (exact) mass is 312 g/mol. The Bertz CT molecular complexity index is 566. The molecule has 1 aliphatic heterocycles. The highest BCUT2D eigenvalue weighted by Crippen LogP contribution is 2.17. The summed E-state index contributed by atoms with van der Waals surface area (Å²) in [7, 11) is -3.45. The second kappa shape index (κ2) is 7.35. The smallest absolute Gasteiger partial charge is 0.240 e. The molecule has 0 spiro atoms. The first-order chi connectivity index (χ1) is 10.0. The fourth-order valence-electron chi connectivity index (χ4n) is 2.54. The van der Waals surface area contributed by atoms with Gasteiger partial charge in [-0.25, -0.2) is 13.1 Å². The molecule has 5 nitrogen and oxygen atoms in total. The molecular formula is C15H24N2O3S. The van der Waals surface area contributed by atoms with Crippen molar-refractivity contribution in [3.05, 3.63) is 29.3 Å². The zero-order chi connectivity index (χ0) is 15.3. The molecule has 1 heterocycles. The summed E-state index contributed by atoms with van der Waals surface area (Å²) in [5, 5.41) is 0. The lowest BCUT2D eigenvalue weighted by Crippen LogP contribution is -2.29. The van der Waals surface area contributed by atoms with Crippen molar-refractivity contribution in [1.29, 1.82) is 0 Å². The van der Waals surface area contributed by atoms with Gasteiger partial charge in [0, 0.05) is 19.7 Å². The minimum Gasteiger partial charge on any atom is -0.378 e. The molecule has 118 valence electrons. The molecule has 1 aromatic carbocycles. The fourth-order valence-corrected chi connectivity index (χ4v) is 3.67. The van der Waals surface area contributed by atoms with Crippen molar-refractivity contribution in [2.45, 2.75) is 50.2 Å². The van der Waals surface area contributed by atoms with Gasteiger partial charge < -0.3 is 10.5 Å². The maximum Gasteiger partial charge on any atom is 0.240 e. The van der Waals surface area contributed by atoms with Crippen molar-refractivity contribution < 1.29 is 13.2 Å². The number of hydrogen-bond acceptors (Lipinski definition) is 4. The van der Waals surface area contributed by atoms with Crippen LogP contribution >= 0.6 is 0 Å². The molecule has 1 aromatic rings. The highest BCUT2D eigenvalue weighted by atomic mass is 32.2. The Morgan fingerprint density at radius 3 is 2.81 bits per heavy atom. The molecule has 1 fully saturated rings. The standard InChI is InChI=1S/C15H24N2O3S/c1-12-10-15(6-5-13(12)11-16)21(18,19)17-8-7-14-4-2-3-9-20-14/h5-6,10,14,17H,2-4,7-9,11,16H2,1H3. The lowest BCUT2D eigenvalue weighted by Gasteiger charge is -2.22. The van der Waals surface area contributed by atoms with E-state index >= 15 is 0 Å². The number of rotatable bonds is 6. The lowest BCUT2D eigenvalue weighted by molar-refractivity contribution is 0.0123. The van der Waals surface area contributed by atoms with Crippen LogP contribution in [0.25, 0.3) is 0 Å². The van der Waals surface area contributed by atoms with E-state index in [1.54, 1.807) is 18.2 Å². The van der Waals surface area contributed by atoms with Crippen LogP contribution in [0.3, 0.4) is 0 Å². The number of nitrogens with one attached hydrogen (secondary N) is 1. The molecule has 1 saturated heterocycles. The summed E-state index contributed by atoms with van der Waals surface area (Å²) in [5.74, 6) is 0. The van der Waals surface area contributed by atoms with E-state index in [0.29, 0.717) is 18.0 Å². The van der Waals surface area contributed by atoms with Crippen LogP contribution in [0.2, 0.25) is 0 Å². The second-order valence-corrected chi connectivity index (χ2v) is 7.23. The van der Waals surface area contributed by atoms with E-state index in [2.05, 4.69) is 4.72 Å². The number of sulfonamides is 1. The lowest BCUT2D eigenvalue weighted by atomic mass is 10.1. The molecule has 0 aromatic heterocycles. The first-order valence-electron chi connectivity index (χ1n) is 7.44. The van der Waals surface area contributed by atoms with Crippen LogP contribution in [0, 0.1) is 6.92 Å². The van der Waals surface area contributed by atoms with E-state index in [-0.39, 0.29) is 6.10 Å². The molecule has 1 aliphatic rings. The summed E-state index contributed by atoms with van der Waals surface area (Å²) in [6.07, 6.45) is 4.19. The van der Waals surface area contributed by atoms with Crippen LogP contribution in [0.4, 0.5) is 0 Å². The Kier molecular flexibility index (Phi) is 5.75. The van der Waals surface area contributed by atoms with Crippen LogP contribution in [-0.2, 0) is 21.3 Å². The molecule has 0 bridgehead atoms. The third-order valence-corrected chi connectivity index (χ3v) is 5.34. The van der Waals surface area contributed by atoms with E-state index in [9.17, 15) is 8.42 Å². The largest absolute Gasteiger partial charge is 0.378 e. The van der Waals surface area contributed by atoms with Gasteiger partial charge in [0.25, 0.3) is 0 Å². The molecule has 3 N–H and O–H groups in total. The van der Waals surface area contributed by atoms with Crippen LogP contribution in [0.1, 0.15) is 36.8 Å². The third-order valence-electron chi connectivity index (χ3n) is 3.88. The molecule has 21 heavy (non-hydrogen) atoms. The molecule has 0 amide bonds. The van der Waals surface area contributed by atoms with Crippen LogP contribution < -0.4 is 10.5 Å². The van der Waals surface area contributed by atoms with Gasteiger partial charge in [-0.2, -0.15) is 0 Å². The van der Waals surface area contributed by atoms with Gasteiger partial charge in [0.15, 0.2) is 0 Å². The third kappa shape index (κ3) is 4.51. The highest BCUT2D eigenvalue weighted by molar-refractivity contribution is 7.89. The van der Waals surface area contributed by atoms with Gasteiger partial charge in [0.1, 0.15) is 0 Å². The number of ether oxygens (including phenoxy) is 1. The molecule has 0 aliphatic carbocycles. The highest BCUT2D eigenvalue weighted by Gasteiger charge is 2.17. The van der Waals surface area contributed by atoms with Gasteiger partial charge in [-0.15, -0.1) is 0 Å². The SMILES string of the molecule is Cc1cc(S(=O)(=O)NCCC2CCCCO2)ccc1CN. The van der Waals surface area contributed by atoms with Crippen LogP contribution in [-0.4, -0.2) is 27.7 Å². The van der Waals surface area contributed by atoms with E-state index in [1.807, 2.05) is 6.92 Å². The Labute approximate surface area is 126 Å². The predicted octanol–water partition coefficient (Wildman–Crippen LogP) is 1.69. The molecular weight excluding hydrogens is 288 g/mol. The average Bonchev–Trinajstić information content (AvgIpc) is 2.48. The molecule has 1 unspecified atom stereocenters. The van der Waals surface area contributed by atoms with Crippen molar-refractivity contribution in [3.8, 4) is 0 Å². The summed E-state index contributed by atoms with van der Waals surface area (Å²) < 4.78 is 32.7. The minimum absolute atomic E-state index is 0.183. The molecule has 6 heteroatoms. The van der Waals surface area contributed by atoms with Crippen molar-refractivity contribution in [1.82, 2.24) is 4.72 Å². The summed E-state index contributed by atoms with van der Waals surface area (Å²) in [5.41, 5.74) is 7.46. The Balaban J connectivity index is 1.93. The first-order valence-corrected chi connectivity index (χ1v) is 8.92. The normalized spacial score (nSPS) is 19.6. The van der Waals surface area contributed by atoms with Gasteiger partial charge in [0.05, 0.1) is 11.0 Å². The van der Waals surface area contributed by atoms with E-state index < -0.39 is 10.0 Å². The van der Waals surface area contributed by atoms with Crippen molar-refractivity contribution in [2.24, 2.45) is 5.73 Å². The molecule has 1 atom stereocenters. The summed E-state index contributed by atoms with van der Waals surface area (Å²) in [4.78, 5) is 0.293. The van der Waals surface area contributed by atoms with Crippen LogP contribution in [0.15, 0.2) is 23.1 Å². The van der Waals surface area contributed by atoms with E-state index in [1.165, 1.54) is 0 Å². The Hall–Kier alpha value is -0.950.